The number of carbonyl (C=O) groups excluding carboxylic acids is 1. The maximum absolute atomic E-state index is 12.3. The molecule has 26 heavy (non-hydrogen) atoms. The molecule has 5 heteroatoms. The predicted octanol–water partition coefficient (Wildman–Crippen LogP) is 3.43. The van der Waals surface area contributed by atoms with Crippen molar-refractivity contribution in [2.45, 2.75) is 13.0 Å². The highest BCUT2D eigenvalue weighted by Crippen LogP contribution is 2.22. The Balaban J connectivity index is 1.60. The molecule has 0 fully saturated rings. The van der Waals surface area contributed by atoms with Crippen LogP contribution in [-0.4, -0.2) is 43.0 Å². The van der Waals surface area contributed by atoms with Crippen LogP contribution in [0, 0.1) is 0 Å². The molecule has 1 amide bonds. The molecule has 0 saturated heterocycles. The molecule has 0 radical (unpaired) electrons. The molecule has 0 aliphatic heterocycles. The number of ether oxygens (including phenoxy) is 1. The summed E-state index contributed by atoms with van der Waals surface area (Å²) in [5, 5.41) is 3.94. The van der Waals surface area contributed by atoms with Crippen LogP contribution in [0.3, 0.4) is 0 Å². The maximum Gasteiger partial charge on any atom is 0.267 e. The molecule has 0 aliphatic carbocycles. The summed E-state index contributed by atoms with van der Waals surface area (Å²) >= 11 is 0. The van der Waals surface area contributed by atoms with Crippen molar-refractivity contribution in [2.24, 2.45) is 0 Å². The minimum atomic E-state index is -0.0771. The maximum atomic E-state index is 12.3. The molecule has 136 valence electrons. The molecule has 0 saturated carbocycles. The summed E-state index contributed by atoms with van der Waals surface area (Å²) in [6.45, 7) is 2.14. The van der Waals surface area contributed by atoms with E-state index in [2.05, 4.69) is 15.2 Å². The summed E-state index contributed by atoms with van der Waals surface area (Å²) in [4.78, 5) is 17.6. The van der Waals surface area contributed by atoms with Gasteiger partial charge >= 0.3 is 0 Å². The third-order valence-electron chi connectivity index (χ3n) is 4.15. The lowest BCUT2D eigenvalue weighted by Gasteiger charge is -2.09. The van der Waals surface area contributed by atoms with E-state index in [0.717, 1.165) is 35.2 Å². The summed E-state index contributed by atoms with van der Waals surface area (Å²) in [5.74, 6) is 0.702. The highest BCUT2D eigenvalue weighted by molar-refractivity contribution is 5.98. The monoisotopic (exact) mass is 351 g/mol. The lowest BCUT2D eigenvalue weighted by atomic mass is 10.2. The Morgan fingerprint density at radius 3 is 2.69 bits per heavy atom. The number of amides is 1. The van der Waals surface area contributed by atoms with E-state index in [1.165, 1.54) is 0 Å². The van der Waals surface area contributed by atoms with Crippen molar-refractivity contribution >= 4 is 16.8 Å². The topological polar surface area (TPSA) is 57.4 Å². The van der Waals surface area contributed by atoms with Crippen LogP contribution in [0.15, 0.2) is 54.6 Å². The van der Waals surface area contributed by atoms with Gasteiger partial charge in [-0.1, -0.05) is 30.3 Å². The Hall–Kier alpha value is -2.79. The Morgan fingerprint density at radius 2 is 1.92 bits per heavy atom. The van der Waals surface area contributed by atoms with E-state index in [0.29, 0.717) is 18.8 Å². The van der Waals surface area contributed by atoms with Gasteiger partial charge in [-0.2, -0.15) is 0 Å². The molecule has 0 unspecified atom stereocenters. The standard InChI is InChI=1S/C21H25N3O2/c1-24(2)12-6-11-22-21(25)20-13-17-9-10-18(14-19(17)23-20)26-15-16-7-4-3-5-8-16/h3-5,7-10,13-14,23H,6,11-12,15H2,1-2H3,(H,22,25). The lowest BCUT2D eigenvalue weighted by Crippen LogP contribution is -2.27. The highest BCUT2D eigenvalue weighted by atomic mass is 16.5. The Bertz CT molecular complexity index is 856. The first-order chi connectivity index (χ1) is 12.6. The van der Waals surface area contributed by atoms with Crippen molar-refractivity contribution in [3.05, 3.63) is 65.9 Å². The SMILES string of the molecule is CN(C)CCCNC(=O)c1cc2ccc(OCc3ccccc3)cc2[nH]1. The van der Waals surface area contributed by atoms with Gasteiger partial charge in [0, 0.05) is 23.5 Å². The number of rotatable bonds is 8. The van der Waals surface area contributed by atoms with Crippen LogP contribution in [0.5, 0.6) is 5.75 Å². The van der Waals surface area contributed by atoms with E-state index in [-0.39, 0.29) is 5.91 Å². The number of hydrogen-bond donors (Lipinski definition) is 2. The van der Waals surface area contributed by atoms with E-state index in [1.807, 2.05) is 68.7 Å². The third kappa shape index (κ3) is 4.86. The Kier molecular flexibility index (Phi) is 5.92. The summed E-state index contributed by atoms with van der Waals surface area (Å²) in [6.07, 6.45) is 0.927. The number of fused-ring (bicyclic) bond motifs is 1. The van der Waals surface area contributed by atoms with Crippen molar-refractivity contribution in [3.8, 4) is 5.75 Å². The minimum Gasteiger partial charge on any atom is -0.489 e. The van der Waals surface area contributed by atoms with Crippen LogP contribution in [-0.2, 0) is 6.61 Å². The van der Waals surface area contributed by atoms with Crippen LogP contribution >= 0.6 is 0 Å². The molecule has 0 aliphatic rings. The second-order valence-corrected chi connectivity index (χ2v) is 6.62. The first-order valence-electron chi connectivity index (χ1n) is 8.84. The second kappa shape index (κ2) is 8.54. The zero-order valence-corrected chi connectivity index (χ0v) is 15.3. The molecule has 1 heterocycles. The first kappa shape index (κ1) is 18.0. The number of carbonyl (C=O) groups is 1. The number of aromatic nitrogens is 1. The molecular formula is C21H25N3O2. The Labute approximate surface area is 154 Å². The molecule has 5 nitrogen and oxygen atoms in total. The number of hydrogen-bond acceptors (Lipinski definition) is 3. The summed E-state index contributed by atoms with van der Waals surface area (Å²) in [6, 6.07) is 17.7. The van der Waals surface area contributed by atoms with Gasteiger partial charge in [0.05, 0.1) is 0 Å². The molecule has 0 bridgehead atoms. The number of nitrogens with zero attached hydrogens (tertiary/aromatic N) is 1. The van der Waals surface area contributed by atoms with Gasteiger partial charge in [-0.05, 0) is 50.8 Å². The molecule has 3 rings (SSSR count). The molecular weight excluding hydrogens is 326 g/mol. The average molecular weight is 351 g/mol. The van der Waals surface area contributed by atoms with Gasteiger partial charge < -0.3 is 19.9 Å². The molecule has 2 aromatic carbocycles. The zero-order valence-electron chi connectivity index (χ0n) is 15.3. The van der Waals surface area contributed by atoms with Crippen LogP contribution in [0.2, 0.25) is 0 Å². The minimum absolute atomic E-state index is 0.0771. The van der Waals surface area contributed by atoms with Gasteiger partial charge in [-0.3, -0.25) is 4.79 Å². The van der Waals surface area contributed by atoms with E-state index >= 15 is 0 Å². The van der Waals surface area contributed by atoms with Crippen molar-refractivity contribution in [2.75, 3.05) is 27.2 Å². The van der Waals surface area contributed by atoms with Crippen molar-refractivity contribution in [1.29, 1.82) is 0 Å². The van der Waals surface area contributed by atoms with Crippen molar-refractivity contribution < 1.29 is 9.53 Å². The second-order valence-electron chi connectivity index (χ2n) is 6.62. The average Bonchev–Trinajstić information content (AvgIpc) is 3.07. The van der Waals surface area contributed by atoms with Gasteiger partial charge in [-0.15, -0.1) is 0 Å². The predicted molar refractivity (Wildman–Crippen MR) is 105 cm³/mol. The summed E-state index contributed by atoms with van der Waals surface area (Å²) < 4.78 is 5.85. The molecule has 1 aromatic heterocycles. The fourth-order valence-corrected chi connectivity index (χ4v) is 2.75. The Morgan fingerprint density at radius 1 is 1.12 bits per heavy atom. The van der Waals surface area contributed by atoms with Gasteiger partial charge in [-0.25, -0.2) is 0 Å². The molecule has 0 atom stereocenters. The van der Waals surface area contributed by atoms with E-state index < -0.39 is 0 Å². The number of benzene rings is 2. The van der Waals surface area contributed by atoms with Crippen LogP contribution < -0.4 is 10.1 Å². The van der Waals surface area contributed by atoms with Crippen LogP contribution in [0.4, 0.5) is 0 Å². The largest absolute Gasteiger partial charge is 0.489 e. The molecule has 0 spiro atoms. The van der Waals surface area contributed by atoms with Crippen LogP contribution in [0.25, 0.3) is 10.9 Å². The normalized spacial score (nSPS) is 11.0. The quantitative estimate of drug-likeness (QED) is 0.611. The first-order valence-corrected chi connectivity index (χ1v) is 8.84. The van der Waals surface area contributed by atoms with Gasteiger partial charge in [0.15, 0.2) is 0 Å². The highest BCUT2D eigenvalue weighted by Gasteiger charge is 2.09. The molecule has 3 aromatic rings. The zero-order chi connectivity index (χ0) is 18.4. The third-order valence-corrected chi connectivity index (χ3v) is 4.15. The lowest BCUT2D eigenvalue weighted by molar-refractivity contribution is 0.0948. The van der Waals surface area contributed by atoms with Gasteiger partial charge in [0.25, 0.3) is 5.91 Å². The van der Waals surface area contributed by atoms with Crippen molar-refractivity contribution in [1.82, 2.24) is 15.2 Å². The smallest absolute Gasteiger partial charge is 0.267 e. The fourth-order valence-electron chi connectivity index (χ4n) is 2.75. The summed E-state index contributed by atoms with van der Waals surface area (Å²) in [7, 11) is 4.05. The number of H-pyrrole nitrogens is 1. The van der Waals surface area contributed by atoms with E-state index in [1.54, 1.807) is 0 Å². The fraction of sp³-hybridized carbons (Fsp3) is 0.286. The number of nitrogens with one attached hydrogen (secondary N) is 2. The van der Waals surface area contributed by atoms with E-state index in [4.69, 9.17) is 4.74 Å². The van der Waals surface area contributed by atoms with Crippen LogP contribution in [0.1, 0.15) is 22.5 Å². The number of aromatic amines is 1. The molecule has 2 N–H and O–H groups in total. The van der Waals surface area contributed by atoms with Gasteiger partial charge in [0.2, 0.25) is 0 Å². The van der Waals surface area contributed by atoms with E-state index in [9.17, 15) is 4.79 Å². The summed E-state index contributed by atoms with van der Waals surface area (Å²) in [5.41, 5.74) is 2.59. The van der Waals surface area contributed by atoms with Gasteiger partial charge in [0.1, 0.15) is 18.1 Å². The van der Waals surface area contributed by atoms with Crippen molar-refractivity contribution in [3.63, 3.8) is 0 Å².